The molecule has 0 fully saturated rings. The molecule has 0 amide bonds. The van der Waals surface area contributed by atoms with Crippen LogP contribution >= 0.6 is 12.4 Å². The van der Waals surface area contributed by atoms with E-state index in [9.17, 15) is 4.39 Å². The van der Waals surface area contributed by atoms with Crippen LogP contribution in [0.1, 0.15) is 31.4 Å². The van der Waals surface area contributed by atoms with E-state index < -0.39 is 0 Å². The third kappa shape index (κ3) is 4.92. The molecule has 1 aromatic carbocycles. The largest absolute Gasteiger partial charge is 0.493 e. The molecule has 0 aromatic heterocycles. The average Bonchev–Trinajstić information content (AvgIpc) is 2.20. The molecular weight excluding hydrogens is 241 g/mol. The van der Waals surface area contributed by atoms with E-state index in [1.807, 2.05) is 13.8 Å². The minimum atomic E-state index is -0.195. The number of aryl methyl sites for hydroxylation is 1. The molecular formula is C13H21ClFNO. The first-order chi connectivity index (χ1) is 7.54. The maximum absolute atomic E-state index is 13.4. The lowest BCUT2D eigenvalue weighted by atomic mass is 10.0. The van der Waals surface area contributed by atoms with Crippen LogP contribution in [0.2, 0.25) is 0 Å². The summed E-state index contributed by atoms with van der Waals surface area (Å²) in [7, 11) is 0. The molecule has 0 radical (unpaired) electrons. The first kappa shape index (κ1) is 16.2. The van der Waals surface area contributed by atoms with Crippen molar-refractivity contribution in [1.29, 1.82) is 0 Å². The first-order valence-electron chi connectivity index (χ1n) is 5.72. The minimum absolute atomic E-state index is 0. The second kappa shape index (κ2) is 7.51. The maximum atomic E-state index is 13.4. The Morgan fingerprint density at radius 3 is 2.59 bits per heavy atom. The zero-order chi connectivity index (χ0) is 12.1. The van der Waals surface area contributed by atoms with Gasteiger partial charge in [-0.1, -0.05) is 6.92 Å². The van der Waals surface area contributed by atoms with E-state index in [4.69, 9.17) is 10.5 Å². The molecule has 1 rings (SSSR count). The van der Waals surface area contributed by atoms with Crippen LogP contribution in [0.3, 0.4) is 0 Å². The summed E-state index contributed by atoms with van der Waals surface area (Å²) in [5.74, 6) is 0.567. The van der Waals surface area contributed by atoms with E-state index in [1.165, 1.54) is 6.07 Å². The maximum Gasteiger partial charge on any atom is 0.126 e. The monoisotopic (exact) mass is 261 g/mol. The number of hydrogen-bond acceptors (Lipinski definition) is 2. The van der Waals surface area contributed by atoms with Gasteiger partial charge in [-0.2, -0.15) is 0 Å². The molecule has 1 unspecified atom stereocenters. The number of benzene rings is 1. The summed E-state index contributed by atoms with van der Waals surface area (Å²) in [6.07, 6.45) is 1.57. The molecule has 2 N–H and O–H groups in total. The fourth-order valence-corrected chi connectivity index (χ4v) is 1.55. The second-order valence-electron chi connectivity index (χ2n) is 4.24. The molecule has 0 aliphatic heterocycles. The van der Waals surface area contributed by atoms with Gasteiger partial charge in [0.15, 0.2) is 0 Å². The third-order valence-electron chi connectivity index (χ3n) is 2.35. The molecule has 2 nitrogen and oxygen atoms in total. The van der Waals surface area contributed by atoms with Crippen LogP contribution in [-0.2, 0) is 6.42 Å². The summed E-state index contributed by atoms with van der Waals surface area (Å²) in [5.41, 5.74) is 7.20. The van der Waals surface area contributed by atoms with Crippen molar-refractivity contribution in [2.75, 3.05) is 6.61 Å². The van der Waals surface area contributed by atoms with Crippen molar-refractivity contribution in [3.05, 3.63) is 29.1 Å². The molecule has 0 saturated heterocycles. The van der Waals surface area contributed by atoms with Gasteiger partial charge in [-0.25, -0.2) is 4.39 Å². The molecule has 1 atom stereocenters. The van der Waals surface area contributed by atoms with Gasteiger partial charge in [0.2, 0.25) is 0 Å². The Morgan fingerprint density at radius 2 is 2.06 bits per heavy atom. The highest BCUT2D eigenvalue weighted by molar-refractivity contribution is 5.85. The quantitative estimate of drug-likeness (QED) is 0.883. The molecule has 0 aliphatic carbocycles. The highest BCUT2D eigenvalue weighted by atomic mass is 35.5. The van der Waals surface area contributed by atoms with E-state index in [0.29, 0.717) is 18.6 Å². The lowest BCUT2D eigenvalue weighted by Gasteiger charge is -2.14. The Morgan fingerprint density at radius 1 is 1.41 bits per heavy atom. The van der Waals surface area contributed by atoms with Crippen molar-refractivity contribution in [2.45, 2.75) is 39.7 Å². The van der Waals surface area contributed by atoms with Gasteiger partial charge in [0.25, 0.3) is 0 Å². The molecule has 0 spiro atoms. The summed E-state index contributed by atoms with van der Waals surface area (Å²) in [5, 5.41) is 0. The molecule has 98 valence electrons. The average molecular weight is 262 g/mol. The van der Waals surface area contributed by atoms with Crippen molar-refractivity contribution in [2.24, 2.45) is 5.73 Å². The topological polar surface area (TPSA) is 35.2 Å². The fraction of sp³-hybridized carbons (Fsp3) is 0.538. The predicted molar refractivity (Wildman–Crippen MR) is 71.5 cm³/mol. The van der Waals surface area contributed by atoms with Gasteiger partial charge < -0.3 is 10.5 Å². The molecule has 4 heteroatoms. The van der Waals surface area contributed by atoms with E-state index in [-0.39, 0.29) is 24.3 Å². The molecule has 1 aromatic rings. The van der Waals surface area contributed by atoms with Crippen molar-refractivity contribution in [3.63, 3.8) is 0 Å². The van der Waals surface area contributed by atoms with E-state index in [2.05, 4.69) is 0 Å². The number of ether oxygens (including phenoxy) is 1. The van der Waals surface area contributed by atoms with Gasteiger partial charge in [0, 0.05) is 6.04 Å². The Kier molecular flexibility index (Phi) is 7.16. The van der Waals surface area contributed by atoms with Crippen LogP contribution in [0.5, 0.6) is 5.75 Å². The van der Waals surface area contributed by atoms with Gasteiger partial charge in [0.1, 0.15) is 11.6 Å². The Hall–Kier alpha value is -0.800. The standard InChI is InChI=1S/C13H20FNO.ClH/c1-4-5-16-13-6-9(2)12(14)8-11(13)7-10(3)15;/h6,8,10H,4-5,7,15H2,1-3H3;1H. The number of halogens is 2. The zero-order valence-corrected chi connectivity index (χ0v) is 11.4. The lowest BCUT2D eigenvalue weighted by Crippen LogP contribution is -2.18. The van der Waals surface area contributed by atoms with Crippen molar-refractivity contribution in [1.82, 2.24) is 0 Å². The van der Waals surface area contributed by atoms with Crippen molar-refractivity contribution in [3.8, 4) is 5.75 Å². The van der Waals surface area contributed by atoms with Crippen LogP contribution in [-0.4, -0.2) is 12.6 Å². The normalized spacial score (nSPS) is 11.8. The second-order valence-corrected chi connectivity index (χ2v) is 4.24. The number of nitrogens with two attached hydrogens (primary N) is 1. The first-order valence-corrected chi connectivity index (χ1v) is 5.72. The number of rotatable bonds is 5. The van der Waals surface area contributed by atoms with E-state index in [0.717, 1.165) is 17.7 Å². The molecule has 0 bridgehead atoms. The van der Waals surface area contributed by atoms with Crippen LogP contribution in [0.25, 0.3) is 0 Å². The van der Waals surface area contributed by atoms with Crippen LogP contribution < -0.4 is 10.5 Å². The van der Waals surface area contributed by atoms with Crippen molar-refractivity contribution < 1.29 is 9.13 Å². The van der Waals surface area contributed by atoms with Crippen LogP contribution in [0.4, 0.5) is 4.39 Å². The Balaban J connectivity index is 0.00000256. The lowest BCUT2D eigenvalue weighted by molar-refractivity contribution is 0.312. The fourth-order valence-electron chi connectivity index (χ4n) is 1.55. The highest BCUT2D eigenvalue weighted by Crippen LogP contribution is 2.24. The zero-order valence-electron chi connectivity index (χ0n) is 10.6. The summed E-state index contributed by atoms with van der Waals surface area (Å²) >= 11 is 0. The van der Waals surface area contributed by atoms with Gasteiger partial charge in [-0.15, -0.1) is 12.4 Å². The minimum Gasteiger partial charge on any atom is -0.493 e. The van der Waals surface area contributed by atoms with Gasteiger partial charge in [0.05, 0.1) is 6.61 Å². The van der Waals surface area contributed by atoms with Crippen molar-refractivity contribution >= 4 is 12.4 Å². The van der Waals surface area contributed by atoms with Crippen LogP contribution in [0.15, 0.2) is 12.1 Å². The predicted octanol–water partition coefficient (Wildman–Crippen LogP) is 3.23. The van der Waals surface area contributed by atoms with Gasteiger partial charge in [-0.05, 0) is 49.9 Å². The molecule has 17 heavy (non-hydrogen) atoms. The Bertz CT molecular complexity index is 356. The van der Waals surface area contributed by atoms with E-state index >= 15 is 0 Å². The molecule has 0 aliphatic rings. The smallest absolute Gasteiger partial charge is 0.126 e. The number of hydrogen-bond donors (Lipinski definition) is 1. The van der Waals surface area contributed by atoms with Gasteiger partial charge >= 0.3 is 0 Å². The third-order valence-corrected chi connectivity index (χ3v) is 2.35. The van der Waals surface area contributed by atoms with E-state index in [1.54, 1.807) is 13.0 Å². The SMILES string of the molecule is CCCOc1cc(C)c(F)cc1CC(C)N.Cl. The summed E-state index contributed by atoms with van der Waals surface area (Å²) in [6.45, 7) is 6.34. The Labute approximate surface area is 109 Å². The summed E-state index contributed by atoms with van der Waals surface area (Å²) < 4.78 is 19.0. The molecule has 0 saturated carbocycles. The molecule has 0 heterocycles. The van der Waals surface area contributed by atoms with Crippen LogP contribution in [0, 0.1) is 12.7 Å². The summed E-state index contributed by atoms with van der Waals surface area (Å²) in [6, 6.07) is 3.29. The van der Waals surface area contributed by atoms with Gasteiger partial charge in [-0.3, -0.25) is 0 Å². The highest BCUT2D eigenvalue weighted by Gasteiger charge is 2.10. The summed E-state index contributed by atoms with van der Waals surface area (Å²) in [4.78, 5) is 0.